The molecule has 0 saturated carbocycles. The van der Waals surface area contributed by atoms with Gasteiger partial charge < -0.3 is 0 Å². The Morgan fingerprint density at radius 2 is 1.86 bits per heavy atom. The molecule has 1 aromatic carbocycles. The molecule has 0 saturated heterocycles. The SMILES string of the molecule is CC(C)CCCSc1ccc(Br)cc1. The van der Waals surface area contributed by atoms with Crippen molar-refractivity contribution >= 4 is 27.7 Å². The fourth-order valence-electron chi connectivity index (χ4n) is 1.21. The van der Waals surface area contributed by atoms with E-state index in [2.05, 4.69) is 54.0 Å². The molecule has 14 heavy (non-hydrogen) atoms. The van der Waals surface area contributed by atoms with E-state index in [0.29, 0.717) is 0 Å². The van der Waals surface area contributed by atoms with E-state index in [4.69, 9.17) is 0 Å². The van der Waals surface area contributed by atoms with E-state index in [0.717, 1.165) is 10.4 Å². The number of halogens is 1. The van der Waals surface area contributed by atoms with E-state index in [1.54, 1.807) is 0 Å². The quantitative estimate of drug-likeness (QED) is 0.538. The van der Waals surface area contributed by atoms with Crippen LogP contribution in [0.15, 0.2) is 33.6 Å². The molecule has 0 unspecified atom stereocenters. The maximum Gasteiger partial charge on any atom is 0.0176 e. The molecule has 0 radical (unpaired) electrons. The Labute approximate surface area is 99.6 Å². The molecular formula is C12H17BrS. The first-order valence-electron chi connectivity index (χ1n) is 5.07. The molecule has 0 atom stereocenters. The Morgan fingerprint density at radius 3 is 2.43 bits per heavy atom. The Morgan fingerprint density at radius 1 is 1.21 bits per heavy atom. The van der Waals surface area contributed by atoms with Crippen LogP contribution in [0.3, 0.4) is 0 Å². The maximum atomic E-state index is 3.44. The van der Waals surface area contributed by atoms with Gasteiger partial charge in [0.25, 0.3) is 0 Å². The maximum absolute atomic E-state index is 3.44. The first-order chi connectivity index (χ1) is 6.68. The molecule has 1 aromatic rings. The molecule has 0 aliphatic heterocycles. The molecule has 0 N–H and O–H groups in total. The van der Waals surface area contributed by atoms with E-state index >= 15 is 0 Å². The second kappa shape index (κ2) is 6.52. The van der Waals surface area contributed by atoms with Crippen LogP contribution in [0.5, 0.6) is 0 Å². The summed E-state index contributed by atoms with van der Waals surface area (Å²) in [5.41, 5.74) is 0. The van der Waals surface area contributed by atoms with Gasteiger partial charge in [-0.3, -0.25) is 0 Å². The molecule has 0 amide bonds. The standard InChI is InChI=1S/C12H17BrS/c1-10(2)4-3-9-14-12-7-5-11(13)6-8-12/h5-8,10H,3-4,9H2,1-2H3. The lowest BCUT2D eigenvalue weighted by molar-refractivity contribution is 0.579. The number of hydrogen-bond acceptors (Lipinski definition) is 1. The summed E-state index contributed by atoms with van der Waals surface area (Å²) >= 11 is 5.39. The molecule has 0 fully saturated rings. The second-order valence-electron chi connectivity index (χ2n) is 3.84. The summed E-state index contributed by atoms with van der Waals surface area (Å²) in [5, 5.41) is 0. The lowest BCUT2D eigenvalue weighted by Crippen LogP contribution is -1.88. The van der Waals surface area contributed by atoms with Gasteiger partial charge in [0.15, 0.2) is 0 Å². The van der Waals surface area contributed by atoms with Crippen molar-refractivity contribution in [2.75, 3.05) is 5.75 Å². The number of thioether (sulfide) groups is 1. The molecule has 2 heteroatoms. The Bertz CT molecular complexity index is 254. The van der Waals surface area contributed by atoms with Crippen molar-refractivity contribution in [3.05, 3.63) is 28.7 Å². The lowest BCUT2D eigenvalue weighted by atomic mass is 10.1. The minimum atomic E-state index is 0.834. The van der Waals surface area contributed by atoms with Crippen LogP contribution in [0.2, 0.25) is 0 Å². The first kappa shape index (κ1) is 12.1. The van der Waals surface area contributed by atoms with Gasteiger partial charge in [-0.2, -0.15) is 0 Å². The second-order valence-corrected chi connectivity index (χ2v) is 5.92. The molecule has 78 valence electrons. The van der Waals surface area contributed by atoms with Crippen LogP contribution in [0.25, 0.3) is 0 Å². The smallest absolute Gasteiger partial charge is 0.0176 e. The van der Waals surface area contributed by atoms with Crippen molar-refractivity contribution in [1.29, 1.82) is 0 Å². The van der Waals surface area contributed by atoms with Crippen LogP contribution < -0.4 is 0 Å². The van der Waals surface area contributed by atoms with Crippen molar-refractivity contribution in [1.82, 2.24) is 0 Å². The minimum Gasteiger partial charge on any atom is -0.126 e. The van der Waals surface area contributed by atoms with Crippen LogP contribution >= 0.6 is 27.7 Å². The molecule has 0 bridgehead atoms. The van der Waals surface area contributed by atoms with Gasteiger partial charge in [-0.15, -0.1) is 11.8 Å². The zero-order chi connectivity index (χ0) is 10.4. The Hall–Kier alpha value is 0.0500. The van der Waals surface area contributed by atoms with Gasteiger partial charge in [-0.25, -0.2) is 0 Å². The predicted molar refractivity (Wildman–Crippen MR) is 68.9 cm³/mol. The van der Waals surface area contributed by atoms with Crippen molar-refractivity contribution in [3.63, 3.8) is 0 Å². The topological polar surface area (TPSA) is 0 Å². The van der Waals surface area contributed by atoms with Gasteiger partial charge in [0.1, 0.15) is 0 Å². The van der Waals surface area contributed by atoms with Crippen LogP contribution in [0.1, 0.15) is 26.7 Å². The summed E-state index contributed by atoms with van der Waals surface area (Å²) in [4.78, 5) is 1.37. The third-order valence-corrected chi connectivity index (χ3v) is 3.64. The molecule has 1 rings (SSSR count). The van der Waals surface area contributed by atoms with Crippen molar-refractivity contribution in [2.45, 2.75) is 31.6 Å². The third kappa shape index (κ3) is 5.06. The van der Waals surface area contributed by atoms with Crippen LogP contribution in [0, 0.1) is 5.92 Å². The molecular weight excluding hydrogens is 256 g/mol. The van der Waals surface area contributed by atoms with Gasteiger partial charge in [0.2, 0.25) is 0 Å². The first-order valence-corrected chi connectivity index (χ1v) is 6.84. The summed E-state index contributed by atoms with van der Waals surface area (Å²) in [6.07, 6.45) is 2.65. The predicted octanol–water partition coefficient (Wildman–Crippen LogP) is 4.98. The van der Waals surface area contributed by atoms with Crippen molar-refractivity contribution in [2.24, 2.45) is 5.92 Å². The van der Waals surface area contributed by atoms with Gasteiger partial charge in [0.05, 0.1) is 0 Å². The van der Waals surface area contributed by atoms with E-state index in [1.807, 2.05) is 11.8 Å². The average Bonchev–Trinajstić information content (AvgIpc) is 2.15. The van der Waals surface area contributed by atoms with Gasteiger partial charge in [-0.05, 0) is 42.4 Å². The molecule has 0 spiro atoms. The monoisotopic (exact) mass is 272 g/mol. The zero-order valence-corrected chi connectivity index (χ0v) is 11.2. The molecule has 0 aromatic heterocycles. The highest BCUT2D eigenvalue weighted by molar-refractivity contribution is 9.10. The van der Waals surface area contributed by atoms with E-state index < -0.39 is 0 Å². The van der Waals surface area contributed by atoms with Crippen LogP contribution in [0.4, 0.5) is 0 Å². The summed E-state index contributed by atoms with van der Waals surface area (Å²) in [7, 11) is 0. The molecule has 0 aliphatic rings. The zero-order valence-electron chi connectivity index (χ0n) is 8.79. The highest BCUT2D eigenvalue weighted by Crippen LogP contribution is 2.22. The summed E-state index contributed by atoms with van der Waals surface area (Å²) in [6.45, 7) is 4.56. The lowest BCUT2D eigenvalue weighted by Gasteiger charge is -2.04. The normalized spacial score (nSPS) is 10.9. The summed E-state index contributed by atoms with van der Waals surface area (Å²) < 4.78 is 1.16. The van der Waals surface area contributed by atoms with E-state index in [9.17, 15) is 0 Å². The van der Waals surface area contributed by atoms with E-state index in [1.165, 1.54) is 23.5 Å². The van der Waals surface area contributed by atoms with Gasteiger partial charge >= 0.3 is 0 Å². The Balaban J connectivity index is 2.21. The van der Waals surface area contributed by atoms with E-state index in [-0.39, 0.29) is 0 Å². The number of benzene rings is 1. The van der Waals surface area contributed by atoms with Crippen LogP contribution in [-0.4, -0.2) is 5.75 Å². The highest BCUT2D eigenvalue weighted by atomic mass is 79.9. The number of rotatable bonds is 5. The Kier molecular flexibility index (Phi) is 5.64. The van der Waals surface area contributed by atoms with Crippen LogP contribution in [-0.2, 0) is 0 Å². The van der Waals surface area contributed by atoms with Gasteiger partial charge in [0, 0.05) is 9.37 Å². The average molecular weight is 273 g/mol. The molecule has 0 nitrogen and oxygen atoms in total. The molecule has 0 aliphatic carbocycles. The largest absolute Gasteiger partial charge is 0.126 e. The number of hydrogen-bond donors (Lipinski definition) is 0. The third-order valence-electron chi connectivity index (χ3n) is 2.01. The summed E-state index contributed by atoms with van der Waals surface area (Å²) in [5.74, 6) is 2.07. The highest BCUT2D eigenvalue weighted by Gasteiger charge is 1.96. The van der Waals surface area contributed by atoms with Gasteiger partial charge in [-0.1, -0.05) is 36.2 Å². The summed E-state index contributed by atoms with van der Waals surface area (Å²) in [6, 6.07) is 8.55. The minimum absolute atomic E-state index is 0.834. The van der Waals surface area contributed by atoms with Crippen molar-refractivity contribution < 1.29 is 0 Å². The van der Waals surface area contributed by atoms with Crippen molar-refractivity contribution in [3.8, 4) is 0 Å². The molecule has 0 heterocycles. The fraction of sp³-hybridized carbons (Fsp3) is 0.500. The fourth-order valence-corrected chi connectivity index (χ4v) is 2.35.